The van der Waals surface area contributed by atoms with E-state index < -0.39 is 11.4 Å². The summed E-state index contributed by atoms with van der Waals surface area (Å²) in [6.45, 7) is 3.15. The topological polar surface area (TPSA) is 88.0 Å². The molecule has 18 heavy (non-hydrogen) atoms. The van der Waals surface area contributed by atoms with Gasteiger partial charge in [-0.3, -0.25) is 9.59 Å². The van der Waals surface area contributed by atoms with Crippen molar-refractivity contribution in [2.75, 3.05) is 0 Å². The summed E-state index contributed by atoms with van der Waals surface area (Å²) in [5.74, 6) is -0.888. The molecule has 0 bridgehead atoms. The number of hydrogen-bond donors (Lipinski definition) is 3. The van der Waals surface area contributed by atoms with E-state index in [1.165, 1.54) is 0 Å². The molecule has 0 saturated carbocycles. The minimum atomic E-state index is -1.07. The molecule has 2 amide bonds. The maximum absolute atomic E-state index is 12.1. The van der Waals surface area contributed by atoms with Crippen LogP contribution in [0.2, 0.25) is 0 Å². The van der Waals surface area contributed by atoms with Crippen LogP contribution in [0.3, 0.4) is 0 Å². The van der Waals surface area contributed by atoms with Crippen LogP contribution < -0.4 is 11.1 Å². The first-order chi connectivity index (χ1) is 8.42. The van der Waals surface area contributed by atoms with Crippen molar-refractivity contribution in [3.8, 4) is 0 Å². The van der Waals surface area contributed by atoms with E-state index in [1.54, 1.807) is 32.2 Å². The van der Waals surface area contributed by atoms with E-state index in [2.05, 4.69) is 10.3 Å². The van der Waals surface area contributed by atoms with Crippen LogP contribution in [0.15, 0.2) is 30.5 Å². The Morgan fingerprint density at radius 3 is 2.67 bits per heavy atom. The molecule has 4 N–H and O–H groups in total. The third-order valence-electron chi connectivity index (χ3n) is 2.88. The summed E-state index contributed by atoms with van der Waals surface area (Å²) in [4.78, 5) is 26.4. The average Bonchev–Trinajstić information content (AvgIpc) is 2.75. The van der Waals surface area contributed by atoms with E-state index in [1.807, 2.05) is 12.1 Å². The largest absolute Gasteiger partial charge is 0.368 e. The molecule has 0 spiro atoms. The lowest BCUT2D eigenvalue weighted by molar-refractivity contribution is -0.122. The number of amides is 2. The zero-order valence-corrected chi connectivity index (χ0v) is 10.3. The lowest BCUT2D eigenvalue weighted by atomic mass is 10.0. The number of carbonyl (C=O) groups excluding carboxylic acids is 2. The van der Waals surface area contributed by atoms with Gasteiger partial charge in [0, 0.05) is 22.7 Å². The Morgan fingerprint density at radius 2 is 2.00 bits per heavy atom. The molecule has 0 aliphatic rings. The van der Waals surface area contributed by atoms with Crippen LogP contribution in [0.5, 0.6) is 0 Å². The number of nitrogens with one attached hydrogen (secondary N) is 2. The fourth-order valence-corrected chi connectivity index (χ4v) is 1.70. The van der Waals surface area contributed by atoms with Gasteiger partial charge < -0.3 is 16.0 Å². The standard InChI is InChI=1S/C13H15N3O2/c1-13(2,12(14)18)16-11(17)9-4-3-5-10-8(9)6-7-15-10/h3-7,15H,1-2H3,(H2,14,18)(H,16,17). The molecule has 0 aliphatic carbocycles. The summed E-state index contributed by atoms with van der Waals surface area (Å²) < 4.78 is 0. The van der Waals surface area contributed by atoms with Gasteiger partial charge in [0.15, 0.2) is 0 Å². The van der Waals surface area contributed by atoms with Gasteiger partial charge in [-0.05, 0) is 32.0 Å². The van der Waals surface area contributed by atoms with Crippen LogP contribution in [0.25, 0.3) is 10.9 Å². The Kier molecular flexibility index (Phi) is 2.82. The highest BCUT2D eigenvalue weighted by molar-refractivity contribution is 6.08. The number of hydrogen-bond acceptors (Lipinski definition) is 2. The van der Waals surface area contributed by atoms with Crippen molar-refractivity contribution in [2.24, 2.45) is 5.73 Å². The molecule has 0 fully saturated rings. The van der Waals surface area contributed by atoms with Gasteiger partial charge in [0.1, 0.15) is 5.54 Å². The zero-order chi connectivity index (χ0) is 13.3. The molecule has 2 aromatic rings. The highest BCUT2D eigenvalue weighted by atomic mass is 16.2. The van der Waals surface area contributed by atoms with Gasteiger partial charge in [-0.2, -0.15) is 0 Å². The van der Waals surface area contributed by atoms with Crippen LogP contribution in [0.1, 0.15) is 24.2 Å². The fraction of sp³-hybridized carbons (Fsp3) is 0.231. The van der Waals surface area contributed by atoms with Crippen molar-refractivity contribution < 1.29 is 9.59 Å². The van der Waals surface area contributed by atoms with Gasteiger partial charge in [-0.25, -0.2) is 0 Å². The van der Waals surface area contributed by atoms with Crippen molar-refractivity contribution in [1.29, 1.82) is 0 Å². The number of nitrogens with two attached hydrogens (primary N) is 1. The van der Waals surface area contributed by atoms with E-state index in [0.29, 0.717) is 5.56 Å². The van der Waals surface area contributed by atoms with Gasteiger partial charge in [-0.15, -0.1) is 0 Å². The molecule has 94 valence electrons. The van der Waals surface area contributed by atoms with Crippen molar-refractivity contribution in [3.05, 3.63) is 36.0 Å². The summed E-state index contributed by atoms with van der Waals surface area (Å²) >= 11 is 0. The third kappa shape index (κ3) is 2.07. The van der Waals surface area contributed by atoms with Crippen molar-refractivity contribution in [1.82, 2.24) is 10.3 Å². The molecule has 1 aromatic carbocycles. The molecule has 0 unspecified atom stereocenters. The third-order valence-corrected chi connectivity index (χ3v) is 2.88. The van der Waals surface area contributed by atoms with Crippen molar-refractivity contribution in [2.45, 2.75) is 19.4 Å². The molecule has 1 aromatic heterocycles. The van der Waals surface area contributed by atoms with Crippen LogP contribution in [0.4, 0.5) is 0 Å². The molecule has 1 heterocycles. The van der Waals surface area contributed by atoms with E-state index in [9.17, 15) is 9.59 Å². The minimum Gasteiger partial charge on any atom is -0.368 e. The minimum absolute atomic E-state index is 0.316. The summed E-state index contributed by atoms with van der Waals surface area (Å²) in [6.07, 6.45) is 1.76. The number of aromatic amines is 1. The Bertz CT molecular complexity index is 613. The molecule has 5 heteroatoms. The normalized spacial score (nSPS) is 11.4. The summed E-state index contributed by atoms with van der Waals surface area (Å²) in [6, 6.07) is 7.19. The number of aromatic nitrogens is 1. The monoisotopic (exact) mass is 245 g/mol. The van der Waals surface area contributed by atoms with E-state index in [0.717, 1.165) is 10.9 Å². The predicted molar refractivity (Wildman–Crippen MR) is 69.0 cm³/mol. The first-order valence-corrected chi connectivity index (χ1v) is 5.60. The summed E-state index contributed by atoms with van der Waals surface area (Å²) in [7, 11) is 0. The van der Waals surface area contributed by atoms with Gasteiger partial charge in [0.05, 0.1) is 0 Å². The number of rotatable bonds is 3. The first kappa shape index (κ1) is 12.2. The number of primary amides is 1. The molecule has 0 atom stereocenters. The number of carbonyl (C=O) groups is 2. The zero-order valence-electron chi connectivity index (χ0n) is 10.3. The number of H-pyrrole nitrogens is 1. The highest BCUT2D eigenvalue weighted by Gasteiger charge is 2.27. The maximum Gasteiger partial charge on any atom is 0.252 e. The van der Waals surface area contributed by atoms with E-state index >= 15 is 0 Å². The van der Waals surface area contributed by atoms with Crippen LogP contribution in [-0.2, 0) is 4.79 Å². The Balaban J connectivity index is 2.35. The van der Waals surface area contributed by atoms with Crippen LogP contribution in [0, 0.1) is 0 Å². The molecular formula is C13H15N3O2. The van der Waals surface area contributed by atoms with E-state index in [4.69, 9.17) is 5.73 Å². The van der Waals surface area contributed by atoms with Crippen LogP contribution >= 0.6 is 0 Å². The molecule has 5 nitrogen and oxygen atoms in total. The van der Waals surface area contributed by atoms with Gasteiger partial charge in [0.2, 0.25) is 5.91 Å². The second kappa shape index (κ2) is 4.18. The smallest absolute Gasteiger partial charge is 0.252 e. The Morgan fingerprint density at radius 1 is 1.28 bits per heavy atom. The van der Waals surface area contributed by atoms with Gasteiger partial charge in [0.25, 0.3) is 5.91 Å². The quantitative estimate of drug-likeness (QED) is 0.757. The lowest BCUT2D eigenvalue weighted by Gasteiger charge is -2.22. The van der Waals surface area contributed by atoms with Crippen molar-refractivity contribution in [3.63, 3.8) is 0 Å². The van der Waals surface area contributed by atoms with Crippen LogP contribution in [-0.4, -0.2) is 22.3 Å². The lowest BCUT2D eigenvalue weighted by Crippen LogP contribution is -2.53. The second-order valence-electron chi connectivity index (χ2n) is 4.69. The van der Waals surface area contributed by atoms with E-state index in [-0.39, 0.29) is 5.91 Å². The van der Waals surface area contributed by atoms with Gasteiger partial charge >= 0.3 is 0 Å². The molecule has 0 saturated heterocycles. The Labute approximate surface area is 104 Å². The number of fused-ring (bicyclic) bond motifs is 1. The molecule has 0 radical (unpaired) electrons. The average molecular weight is 245 g/mol. The predicted octanol–water partition coefficient (Wildman–Crippen LogP) is 1.16. The summed E-state index contributed by atoms with van der Waals surface area (Å²) in [5.41, 5.74) is 5.55. The number of benzene rings is 1. The molecule has 2 rings (SSSR count). The van der Waals surface area contributed by atoms with Crippen molar-refractivity contribution >= 4 is 22.7 Å². The highest BCUT2D eigenvalue weighted by Crippen LogP contribution is 2.18. The second-order valence-corrected chi connectivity index (χ2v) is 4.69. The summed E-state index contributed by atoms with van der Waals surface area (Å²) in [5, 5.41) is 3.44. The Hall–Kier alpha value is -2.30. The molecular weight excluding hydrogens is 230 g/mol. The SMILES string of the molecule is CC(C)(NC(=O)c1cccc2[nH]ccc12)C(N)=O. The molecule has 0 aliphatic heterocycles. The fourth-order valence-electron chi connectivity index (χ4n) is 1.70. The first-order valence-electron chi connectivity index (χ1n) is 5.60. The van der Waals surface area contributed by atoms with Gasteiger partial charge in [-0.1, -0.05) is 6.07 Å². The maximum atomic E-state index is 12.1.